The molecule has 6 heteroatoms. The van der Waals surface area contributed by atoms with Crippen LogP contribution >= 0.6 is 0 Å². The molecule has 0 radical (unpaired) electrons. The van der Waals surface area contributed by atoms with E-state index in [4.69, 9.17) is 0 Å². The van der Waals surface area contributed by atoms with Gasteiger partial charge in [-0.15, -0.1) is 0 Å². The Balaban J connectivity index is 2.02. The van der Waals surface area contributed by atoms with E-state index < -0.39 is 10.9 Å². The molecule has 0 atom stereocenters. The van der Waals surface area contributed by atoms with E-state index >= 15 is 0 Å². The van der Waals surface area contributed by atoms with E-state index in [1.54, 1.807) is 18.3 Å². The number of hydrazine groups is 1. The molecule has 6 nitrogen and oxygen atoms in total. The van der Waals surface area contributed by atoms with Gasteiger partial charge in [-0.2, -0.15) is 0 Å². The number of carbonyl (C=O) groups is 1. The Kier molecular flexibility index (Phi) is 13.8. The van der Waals surface area contributed by atoms with Gasteiger partial charge >= 0.3 is 5.91 Å². The van der Waals surface area contributed by atoms with Crippen LogP contribution in [0.3, 0.4) is 0 Å². The molecule has 1 aromatic rings. The summed E-state index contributed by atoms with van der Waals surface area (Å²) in [5.41, 5.74) is 0.254. The zero-order chi connectivity index (χ0) is 20.5. The van der Waals surface area contributed by atoms with Crippen LogP contribution in [0.1, 0.15) is 107 Å². The third-order valence-electron chi connectivity index (χ3n) is 5.06. The van der Waals surface area contributed by atoms with Gasteiger partial charge in [0.05, 0.1) is 12.1 Å². The Morgan fingerprint density at radius 3 is 1.86 bits per heavy atom. The highest BCUT2D eigenvalue weighted by Crippen LogP contribution is 2.13. The SMILES string of the molecule is CCCCCCCCCCCCCCCCN(C(=O)c1cccnc1)[N+](=O)[O-]. The fourth-order valence-electron chi connectivity index (χ4n) is 3.35. The molecule has 0 aromatic carbocycles. The smallest absolute Gasteiger partial charge is 0.264 e. The Morgan fingerprint density at radius 2 is 1.43 bits per heavy atom. The number of aromatic nitrogens is 1. The van der Waals surface area contributed by atoms with E-state index in [1.165, 1.54) is 76.8 Å². The van der Waals surface area contributed by atoms with Crippen LogP contribution in [-0.2, 0) is 0 Å². The molecule has 0 bridgehead atoms. The van der Waals surface area contributed by atoms with Crippen molar-refractivity contribution >= 4 is 5.91 Å². The Labute approximate surface area is 169 Å². The molecule has 1 amide bonds. The van der Waals surface area contributed by atoms with Crippen LogP contribution in [0.25, 0.3) is 0 Å². The van der Waals surface area contributed by atoms with E-state index in [2.05, 4.69) is 11.9 Å². The Morgan fingerprint density at radius 1 is 0.929 bits per heavy atom. The molecule has 1 aromatic heterocycles. The fourth-order valence-corrected chi connectivity index (χ4v) is 3.35. The van der Waals surface area contributed by atoms with Crippen LogP contribution < -0.4 is 0 Å². The summed E-state index contributed by atoms with van der Waals surface area (Å²) in [5.74, 6) is -0.590. The normalized spacial score (nSPS) is 10.8. The number of hydrogen-bond acceptors (Lipinski definition) is 4. The molecule has 158 valence electrons. The van der Waals surface area contributed by atoms with Crippen molar-refractivity contribution < 1.29 is 9.83 Å². The molecule has 1 rings (SSSR count). The molecule has 1 heterocycles. The maximum atomic E-state index is 12.2. The summed E-state index contributed by atoms with van der Waals surface area (Å²) < 4.78 is 0. The standard InChI is InChI=1S/C22H37N3O3/c1-2-3-4-5-6-7-8-9-10-11-12-13-14-15-19-24(25(27)28)22(26)21-17-16-18-23-20-21/h16-18,20H,2-15,19H2,1H3. The third-order valence-corrected chi connectivity index (χ3v) is 5.06. The summed E-state index contributed by atoms with van der Waals surface area (Å²) in [4.78, 5) is 27.2. The number of pyridine rings is 1. The van der Waals surface area contributed by atoms with Gasteiger partial charge in [0.15, 0.2) is 5.03 Å². The Hall–Kier alpha value is -1.98. The van der Waals surface area contributed by atoms with E-state index in [1.807, 2.05) is 0 Å². The van der Waals surface area contributed by atoms with Crippen LogP contribution in [-0.4, -0.2) is 27.5 Å². The van der Waals surface area contributed by atoms with E-state index in [9.17, 15) is 14.9 Å². The highest BCUT2D eigenvalue weighted by Gasteiger charge is 2.25. The molecule has 0 aliphatic heterocycles. The van der Waals surface area contributed by atoms with Crippen molar-refractivity contribution in [3.63, 3.8) is 0 Å². The monoisotopic (exact) mass is 391 g/mol. The first-order chi connectivity index (χ1) is 13.7. The highest BCUT2D eigenvalue weighted by molar-refractivity contribution is 5.92. The molecule has 28 heavy (non-hydrogen) atoms. The lowest BCUT2D eigenvalue weighted by atomic mass is 10.0. The first-order valence-electron chi connectivity index (χ1n) is 11.0. The van der Waals surface area contributed by atoms with Gasteiger partial charge in [0.25, 0.3) is 0 Å². The van der Waals surface area contributed by atoms with Gasteiger partial charge in [0, 0.05) is 12.4 Å². The summed E-state index contributed by atoms with van der Waals surface area (Å²) >= 11 is 0. The van der Waals surface area contributed by atoms with Crippen LogP contribution in [0.15, 0.2) is 24.5 Å². The number of amides is 1. The van der Waals surface area contributed by atoms with Gasteiger partial charge in [0.1, 0.15) is 0 Å². The lowest BCUT2D eigenvalue weighted by Gasteiger charge is -2.12. The lowest BCUT2D eigenvalue weighted by molar-refractivity contribution is -0.632. The van der Waals surface area contributed by atoms with Crippen molar-refractivity contribution in [3.05, 3.63) is 40.2 Å². The second-order valence-corrected chi connectivity index (χ2v) is 7.50. The molecular formula is C22H37N3O3. The second-order valence-electron chi connectivity index (χ2n) is 7.50. The predicted molar refractivity (Wildman–Crippen MR) is 113 cm³/mol. The maximum Gasteiger partial charge on any atom is 0.315 e. The fraction of sp³-hybridized carbons (Fsp3) is 0.727. The number of hydrogen-bond donors (Lipinski definition) is 0. The predicted octanol–water partition coefficient (Wildman–Crippen LogP) is 6.20. The molecule has 0 unspecified atom stereocenters. The van der Waals surface area contributed by atoms with Crippen molar-refractivity contribution in [2.45, 2.75) is 96.8 Å². The van der Waals surface area contributed by atoms with Gasteiger partial charge in [-0.05, 0) is 18.6 Å². The zero-order valence-electron chi connectivity index (χ0n) is 17.5. The number of carbonyl (C=O) groups excluding carboxylic acids is 1. The van der Waals surface area contributed by atoms with Crippen molar-refractivity contribution in [2.75, 3.05) is 6.54 Å². The van der Waals surface area contributed by atoms with Crippen molar-refractivity contribution in [3.8, 4) is 0 Å². The number of rotatable bonds is 17. The maximum absolute atomic E-state index is 12.2. The quantitative estimate of drug-likeness (QED) is 0.180. The molecule has 0 spiro atoms. The van der Waals surface area contributed by atoms with Gasteiger partial charge in [-0.1, -0.05) is 95.4 Å². The average molecular weight is 392 g/mol. The minimum Gasteiger partial charge on any atom is -0.264 e. The summed E-state index contributed by atoms with van der Waals surface area (Å²) in [6, 6.07) is 3.16. The first-order valence-corrected chi connectivity index (χ1v) is 11.0. The third kappa shape index (κ3) is 11.0. The van der Waals surface area contributed by atoms with Gasteiger partial charge in [-0.25, -0.2) is 10.1 Å². The minimum atomic E-state index is -0.614. The molecule has 0 saturated carbocycles. The average Bonchev–Trinajstić information content (AvgIpc) is 2.71. The van der Waals surface area contributed by atoms with Crippen molar-refractivity contribution in [1.82, 2.24) is 9.99 Å². The van der Waals surface area contributed by atoms with E-state index in [0.29, 0.717) is 11.4 Å². The molecule has 0 aliphatic rings. The van der Waals surface area contributed by atoms with Gasteiger partial charge in [-0.3, -0.25) is 9.78 Å². The van der Waals surface area contributed by atoms with Crippen LogP contribution in [0.5, 0.6) is 0 Å². The summed E-state index contributed by atoms with van der Waals surface area (Å²) in [6.07, 6.45) is 20.1. The number of nitrogens with zero attached hydrogens (tertiary/aromatic N) is 3. The second kappa shape index (κ2) is 16.0. The molecule has 0 fully saturated rings. The first kappa shape index (κ1) is 24.1. The minimum absolute atomic E-state index is 0.152. The van der Waals surface area contributed by atoms with Crippen LogP contribution in [0, 0.1) is 10.1 Å². The number of unbranched alkanes of at least 4 members (excludes halogenated alkanes) is 13. The summed E-state index contributed by atoms with van der Waals surface area (Å²) in [6.45, 7) is 2.40. The van der Waals surface area contributed by atoms with E-state index in [-0.39, 0.29) is 12.1 Å². The van der Waals surface area contributed by atoms with Crippen molar-refractivity contribution in [1.29, 1.82) is 0 Å². The van der Waals surface area contributed by atoms with Crippen LogP contribution in [0.4, 0.5) is 0 Å². The van der Waals surface area contributed by atoms with Crippen molar-refractivity contribution in [2.24, 2.45) is 0 Å². The summed E-state index contributed by atoms with van der Waals surface area (Å²) in [5, 5.41) is 11.3. The summed E-state index contributed by atoms with van der Waals surface area (Å²) in [7, 11) is 0. The van der Waals surface area contributed by atoms with Crippen LogP contribution in [0.2, 0.25) is 0 Å². The zero-order valence-corrected chi connectivity index (χ0v) is 17.5. The molecule has 0 aliphatic carbocycles. The molecule has 0 N–H and O–H groups in total. The largest absolute Gasteiger partial charge is 0.315 e. The Bertz CT molecular complexity index is 537. The lowest BCUT2D eigenvalue weighted by Crippen LogP contribution is -2.37. The van der Waals surface area contributed by atoms with Gasteiger partial charge < -0.3 is 0 Å². The highest BCUT2D eigenvalue weighted by atomic mass is 16.7. The molecular weight excluding hydrogens is 354 g/mol. The van der Waals surface area contributed by atoms with E-state index in [0.717, 1.165) is 12.8 Å². The van der Waals surface area contributed by atoms with Gasteiger partial charge in [0.2, 0.25) is 0 Å². The topological polar surface area (TPSA) is 76.3 Å². The number of nitro groups is 1. The molecule has 0 saturated heterocycles.